The van der Waals surface area contributed by atoms with Crippen LogP contribution in [0.1, 0.15) is 55.8 Å². The van der Waals surface area contributed by atoms with Crippen molar-refractivity contribution >= 4 is 10.9 Å². The van der Waals surface area contributed by atoms with Crippen molar-refractivity contribution in [3.63, 3.8) is 0 Å². The zero-order valence-electron chi connectivity index (χ0n) is 15.0. The van der Waals surface area contributed by atoms with Crippen molar-refractivity contribution in [2.75, 3.05) is 26.7 Å². The van der Waals surface area contributed by atoms with Crippen molar-refractivity contribution in [1.82, 2.24) is 15.2 Å². The first kappa shape index (κ1) is 16.0. The molecule has 1 unspecified atom stereocenters. The van der Waals surface area contributed by atoms with Crippen LogP contribution >= 0.6 is 0 Å². The summed E-state index contributed by atoms with van der Waals surface area (Å²) in [6.45, 7) is 5.84. The number of aromatic nitrogens is 1. The van der Waals surface area contributed by atoms with E-state index < -0.39 is 0 Å². The Balaban J connectivity index is 1.58. The predicted molar refractivity (Wildman–Crippen MR) is 100 cm³/mol. The van der Waals surface area contributed by atoms with Gasteiger partial charge in [-0.1, -0.05) is 25.1 Å². The molecular formula is C21H29N3. The van der Waals surface area contributed by atoms with Crippen LogP contribution in [0.4, 0.5) is 0 Å². The van der Waals surface area contributed by atoms with Crippen molar-refractivity contribution < 1.29 is 0 Å². The molecule has 3 heteroatoms. The summed E-state index contributed by atoms with van der Waals surface area (Å²) < 4.78 is 0. The van der Waals surface area contributed by atoms with Crippen LogP contribution in [0.25, 0.3) is 10.9 Å². The number of benzene rings is 1. The average molecular weight is 323 g/mol. The Hall–Kier alpha value is -1.45. The molecule has 2 aliphatic rings. The number of pyridine rings is 1. The summed E-state index contributed by atoms with van der Waals surface area (Å²) in [6, 6.07) is 11.9. The number of piperidine rings is 2. The molecule has 3 nitrogen and oxygen atoms in total. The lowest BCUT2D eigenvalue weighted by atomic mass is 9.91. The van der Waals surface area contributed by atoms with Gasteiger partial charge in [-0.25, -0.2) is 0 Å². The fraction of sp³-hybridized carbons (Fsp3) is 0.571. The second-order valence-electron chi connectivity index (χ2n) is 7.91. The van der Waals surface area contributed by atoms with E-state index in [1.165, 1.54) is 60.9 Å². The summed E-state index contributed by atoms with van der Waals surface area (Å²) in [5, 5.41) is 4.96. The smallest absolute Gasteiger partial charge is 0.0708 e. The van der Waals surface area contributed by atoms with Crippen LogP contribution in [-0.2, 0) is 0 Å². The van der Waals surface area contributed by atoms with Crippen LogP contribution in [0.5, 0.6) is 0 Å². The number of fused-ring (bicyclic) bond motifs is 1. The van der Waals surface area contributed by atoms with Gasteiger partial charge in [-0.2, -0.15) is 0 Å². The van der Waals surface area contributed by atoms with E-state index in [9.17, 15) is 0 Å². The van der Waals surface area contributed by atoms with Crippen molar-refractivity contribution in [3.8, 4) is 0 Å². The van der Waals surface area contributed by atoms with Gasteiger partial charge >= 0.3 is 0 Å². The third-order valence-electron chi connectivity index (χ3n) is 5.94. The Morgan fingerprint density at radius 1 is 1.04 bits per heavy atom. The Bertz CT molecular complexity index is 639. The van der Waals surface area contributed by atoms with E-state index in [0.29, 0.717) is 12.0 Å². The molecule has 2 aromatic rings. The molecule has 0 aliphatic carbocycles. The summed E-state index contributed by atoms with van der Waals surface area (Å²) in [7, 11) is 2.22. The van der Waals surface area contributed by atoms with Crippen molar-refractivity contribution in [2.24, 2.45) is 5.92 Å². The number of nitrogens with one attached hydrogen (secondary N) is 1. The fourth-order valence-corrected chi connectivity index (χ4v) is 4.18. The second-order valence-corrected chi connectivity index (χ2v) is 7.91. The maximum absolute atomic E-state index is 5.05. The van der Waals surface area contributed by atoms with Gasteiger partial charge in [-0.05, 0) is 76.0 Å². The SMILES string of the molecule is C[C@H]1CCC(c2ccc3ccc(C4CCN(C)CC4)nc3c2)NC1. The summed E-state index contributed by atoms with van der Waals surface area (Å²) in [5.74, 6) is 1.43. The van der Waals surface area contributed by atoms with Gasteiger partial charge in [-0.15, -0.1) is 0 Å². The van der Waals surface area contributed by atoms with Crippen LogP contribution in [0, 0.1) is 5.92 Å². The standard InChI is InChI=1S/C21H29N3/c1-15-3-7-19(22-14-15)18-5-4-16-6-8-20(23-21(16)13-18)17-9-11-24(2)12-10-17/h4-6,8,13,15,17,19,22H,3,7,9-12,14H2,1-2H3/t15-,19?/m0/s1. The van der Waals surface area contributed by atoms with E-state index in [2.05, 4.69) is 54.5 Å². The number of hydrogen-bond donors (Lipinski definition) is 1. The fourth-order valence-electron chi connectivity index (χ4n) is 4.18. The van der Waals surface area contributed by atoms with Crippen LogP contribution < -0.4 is 5.32 Å². The van der Waals surface area contributed by atoms with Crippen molar-refractivity contribution in [1.29, 1.82) is 0 Å². The maximum Gasteiger partial charge on any atom is 0.0708 e. The highest BCUT2D eigenvalue weighted by Gasteiger charge is 2.21. The molecule has 0 spiro atoms. The number of likely N-dealkylation sites (tertiary alicyclic amines) is 1. The van der Waals surface area contributed by atoms with Crippen molar-refractivity contribution in [3.05, 3.63) is 41.6 Å². The third kappa shape index (κ3) is 3.33. The summed E-state index contributed by atoms with van der Waals surface area (Å²) in [5.41, 5.74) is 3.87. The molecule has 0 radical (unpaired) electrons. The molecule has 1 N–H and O–H groups in total. The largest absolute Gasteiger partial charge is 0.310 e. The molecule has 0 amide bonds. The van der Waals surface area contributed by atoms with Gasteiger partial charge in [0, 0.05) is 23.0 Å². The molecule has 1 aromatic carbocycles. The highest BCUT2D eigenvalue weighted by atomic mass is 15.1. The van der Waals surface area contributed by atoms with Crippen LogP contribution in [-0.4, -0.2) is 36.6 Å². The van der Waals surface area contributed by atoms with E-state index in [4.69, 9.17) is 4.98 Å². The van der Waals surface area contributed by atoms with Gasteiger partial charge in [0.25, 0.3) is 0 Å². The van der Waals surface area contributed by atoms with Gasteiger partial charge < -0.3 is 10.2 Å². The summed E-state index contributed by atoms with van der Waals surface area (Å²) in [6.07, 6.45) is 5.02. The predicted octanol–water partition coefficient (Wildman–Crippen LogP) is 4.10. The van der Waals surface area contributed by atoms with E-state index >= 15 is 0 Å². The zero-order chi connectivity index (χ0) is 16.5. The van der Waals surface area contributed by atoms with E-state index in [0.717, 1.165) is 12.5 Å². The van der Waals surface area contributed by atoms with Gasteiger partial charge in [0.05, 0.1) is 5.52 Å². The molecule has 1 aromatic heterocycles. The minimum atomic E-state index is 0.499. The van der Waals surface area contributed by atoms with E-state index in [1.807, 2.05) is 0 Å². The number of rotatable bonds is 2. The number of hydrogen-bond acceptors (Lipinski definition) is 3. The molecule has 2 atom stereocenters. The Kier molecular flexibility index (Phi) is 4.55. The minimum Gasteiger partial charge on any atom is -0.310 e. The first-order chi connectivity index (χ1) is 11.7. The quantitative estimate of drug-likeness (QED) is 0.901. The molecule has 2 aliphatic heterocycles. The van der Waals surface area contributed by atoms with Gasteiger partial charge in [0.2, 0.25) is 0 Å². The highest BCUT2D eigenvalue weighted by Crippen LogP contribution is 2.30. The molecule has 128 valence electrons. The van der Waals surface area contributed by atoms with Gasteiger partial charge in [0.1, 0.15) is 0 Å². The second kappa shape index (κ2) is 6.81. The van der Waals surface area contributed by atoms with Crippen LogP contribution in [0.15, 0.2) is 30.3 Å². The highest BCUT2D eigenvalue weighted by molar-refractivity contribution is 5.79. The molecule has 4 rings (SSSR count). The monoisotopic (exact) mass is 323 g/mol. The van der Waals surface area contributed by atoms with Crippen LogP contribution in [0.3, 0.4) is 0 Å². The van der Waals surface area contributed by atoms with Gasteiger partial charge in [-0.3, -0.25) is 4.98 Å². The molecule has 2 fully saturated rings. The Morgan fingerprint density at radius 2 is 1.83 bits per heavy atom. The lowest BCUT2D eigenvalue weighted by Gasteiger charge is -2.29. The topological polar surface area (TPSA) is 28.2 Å². The molecule has 2 saturated heterocycles. The Morgan fingerprint density at radius 3 is 2.58 bits per heavy atom. The van der Waals surface area contributed by atoms with Gasteiger partial charge in [0.15, 0.2) is 0 Å². The molecule has 0 bridgehead atoms. The summed E-state index contributed by atoms with van der Waals surface area (Å²) in [4.78, 5) is 7.47. The van der Waals surface area contributed by atoms with E-state index in [1.54, 1.807) is 0 Å². The van der Waals surface area contributed by atoms with Crippen LogP contribution in [0.2, 0.25) is 0 Å². The molecule has 3 heterocycles. The average Bonchev–Trinajstić information content (AvgIpc) is 2.62. The zero-order valence-corrected chi connectivity index (χ0v) is 15.0. The normalized spacial score (nSPS) is 26.8. The van der Waals surface area contributed by atoms with Crippen molar-refractivity contribution in [2.45, 2.75) is 44.6 Å². The molecular weight excluding hydrogens is 294 g/mol. The van der Waals surface area contributed by atoms with E-state index in [-0.39, 0.29) is 0 Å². The first-order valence-electron chi connectivity index (χ1n) is 9.51. The third-order valence-corrected chi connectivity index (χ3v) is 5.94. The maximum atomic E-state index is 5.05. The minimum absolute atomic E-state index is 0.499. The Labute approximate surface area is 145 Å². The number of nitrogens with zero attached hydrogens (tertiary/aromatic N) is 2. The lowest BCUT2D eigenvalue weighted by molar-refractivity contribution is 0.253. The molecule has 0 saturated carbocycles. The summed E-state index contributed by atoms with van der Waals surface area (Å²) >= 11 is 0. The molecule has 24 heavy (non-hydrogen) atoms. The first-order valence-corrected chi connectivity index (χ1v) is 9.51. The lowest BCUT2D eigenvalue weighted by Crippen LogP contribution is -2.31.